The quantitative estimate of drug-likeness (QED) is 0.858. The van der Waals surface area contributed by atoms with E-state index in [1.807, 2.05) is 13.6 Å². The molecule has 0 unspecified atom stereocenters. The molecule has 0 bridgehead atoms. The van der Waals surface area contributed by atoms with Gasteiger partial charge in [-0.2, -0.15) is 0 Å². The summed E-state index contributed by atoms with van der Waals surface area (Å²) in [6, 6.07) is 8.59. The third-order valence-corrected chi connectivity index (χ3v) is 1.75. The minimum Gasteiger partial charge on any atom is -0.655 e. The van der Waals surface area contributed by atoms with Crippen molar-refractivity contribution in [2.75, 3.05) is 14.2 Å². The van der Waals surface area contributed by atoms with Gasteiger partial charge in [0.05, 0.1) is 0 Å². The summed E-state index contributed by atoms with van der Waals surface area (Å²) in [5, 5.41) is 3.01. The van der Waals surface area contributed by atoms with Crippen LogP contribution in [0.25, 0.3) is 0 Å². The summed E-state index contributed by atoms with van der Waals surface area (Å²) in [4.78, 5) is 8.83. The number of rotatable bonds is 4. The van der Waals surface area contributed by atoms with Gasteiger partial charge in [-0.15, -0.1) is 6.42 Å². The van der Waals surface area contributed by atoms with Crippen LogP contribution in [0.2, 0.25) is 0 Å². The van der Waals surface area contributed by atoms with Gasteiger partial charge in [0, 0.05) is 39.8 Å². The fourth-order valence-corrected chi connectivity index (χ4v) is 0.944. The van der Waals surface area contributed by atoms with Crippen molar-refractivity contribution in [3.05, 3.63) is 41.9 Å². The molecule has 0 saturated carbocycles. The number of hydrogen-bond donors (Lipinski definition) is 1. The molecule has 0 saturated heterocycles. The second-order valence-corrected chi connectivity index (χ2v) is 2.97. The summed E-state index contributed by atoms with van der Waals surface area (Å²) in [5.41, 5.74) is 2.67. The number of aryl methyl sites for hydroxylation is 1. The second-order valence-electron chi connectivity index (χ2n) is 2.97. The molecule has 0 atom stereocenters. The number of methoxy groups -OCH3 is 1. The standard InChI is InChI=1S/C10H14N.C2H3O2.Y/c1-9-3-5-10(6-4-9)7-8-11-2;1-4-2-3;/h3-6,8,11H,7H2,1-2H3;1H3;/q2*-1;. The summed E-state index contributed by atoms with van der Waals surface area (Å²) in [5.74, 6) is 0. The van der Waals surface area contributed by atoms with E-state index in [1.165, 1.54) is 24.7 Å². The molecule has 1 rings (SSSR count). The normalized spacial score (nSPS) is 8.19. The van der Waals surface area contributed by atoms with E-state index in [9.17, 15) is 0 Å². The molecule has 0 heterocycles. The van der Waals surface area contributed by atoms with Crippen LogP contribution >= 0.6 is 0 Å². The Labute approximate surface area is 123 Å². The van der Waals surface area contributed by atoms with Crippen molar-refractivity contribution in [2.45, 2.75) is 13.3 Å². The van der Waals surface area contributed by atoms with Gasteiger partial charge in [0.15, 0.2) is 0 Å². The summed E-state index contributed by atoms with van der Waals surface area (Å²) < 4.78 is 3.74. The molecular weight excluding hydrogens is 279 g/mol. The molecule has 0 fully saturated rings. The zero-order chi connectivity index (χ0) is 11.5. The molecule has 0 aromatic heterocycles. The average Bonchev–Trinajstić information content (AvgIpc) is 2.29. The number of carbonyl (C=O) groups excluding carboxylic acids is 1. The number of benzene rings is 1. The number of likely N-dealkylation sites (N-methyl/N-ethyl adjacent to an activating group) is 1. The van der Waals surface area contributed by atoms with Crippen molar-refractivity contribution in [3.8, 4) is 0 Å². The van der Waals surface area contributed by atoms with Gasteiger partial charge < -0.3 is 14.8 Å². The van der Waals surface area contributed by atoms with E-state index < -0.39 is 0 Å². The van der Waals surface area contributed by atoms with Crippen LogP contribution in [0.4, 0.5) is 0 Å². The van der Waals surface area contributed by atoms with E-state index in [1.54, 1.807) is 0 Å². The van der Waals surface area contributed by atoms with Crippen LogP contribution in [0.15, 0.2) is 24.3 Å². The molecular formula is C12H17NO2Y-2. The maximum absolute atomic E-state index is 8.83. The SMILES string of the molecule is CN[CH-]Cc1ccc(C)cc1.CO[C-]=O.[Y]. The maximum Gasteiger partial charge on any atom is 0.0362 e. The molecule has 1 aromatic carbocycles. The predicted molar refractivity (Wildman–Crippen MR) is 60.9 cm³/mol. The second kappa shape index (κ2) is 12.8. The molecule has 0 aliphatic carbocycles. The molecule has 4 heteroatoms. The average molecular weight is 296 g/mol. The molecule has 1 aromatic rings. The molecule has 16 heavy (non-hydrogen) atoms. The van der Waals surface area contributed by atoms with Crippen molar-refractivity contribution < 1.29 is 42.2 Å². The fraction of sp³-hybridized carbons (Fsp3) is 0.333. The van der Waals surface area contributed by atoms with E-state index >= 15 is 0 Å². The van der Waals surface area contributed by atoms with Gasteiger partial charge in [0.25, 0.3) is 0 Å². The van der Waals surface area contributed by atoms with Crippen LogP contribution in [-0.2, 0) is 48.7 Å². The van der Waals surface area contributed by atoms with Gasteiger partial charge in [0.2, 0.25) is 0 Å². The monoisotopic (exact) mass is 296 g/mol. The predicted octanol–water partition coefficient (Wildman–Crippen LogP) is 1.62. The van der Waals surface area contributed by atoms with Gasteiger partial charge in [-0.25, -0.2) is 0 Å². The first-order valence-electron chi connectivity index (χ1n) is 4.69. The van der Waals surface area contributed by atoms with E-state index in [4.69, 9.17) is 4.79 Å². The molecule has 0 amide bonds. The Balaban J connectivity index is 0. The first kappa shape index (κ1) is 18.1. The van der Waals surface area contributed by atoms with Crippen LogP contribution in [0.1, 0.15) is 11.1 Å². The minimum absolute atomic E-state index is 0. The zero-order valence-corrected chi connectivity index (χ0v) is 12.8. The van der Waals surface area contributed by atoms with Crippen molar-refractivity contribution in [1.82, 2.24) is 5.32 Å². The van der Waals surface area contributed by atoms with E-state index in [-0.39, 0.29) is 32.7 Å². The Hall–Kier alpha value is -0.246. The van der Waals surface area contributed by atoms with Crippen LogP contribution < -0.4 is 5.32 Å². The maximum atomic E-state index is 8.83. The van der Waals surface area contributed by atoms with Crippen molar-refractivity contribution in [2.24, 2.45) is 0 Å². The first-order valence-corrected chi connectivity index (χ1v) is 4.69. The number of ether oxygens (including phenoxy) is 1. The van der Waals surface area contributed by atoms with E-state index in [2.05, 4.69) is 41.2 Å². The Morgan fingerprint density at radius 3 is 2.25 bits per heavy atom. The smallest absolute Gasteiger partial charge is 0.0362 e. The minimum atomic E-state index is 0. The summed E-state index contributed by atoms with van der Waals surface area (Å²) in [6.07, 6.45) is 0.997. The molecule has 1 radical (unpaired) electrons. The van der Waals surface area contributed by atoms with Crippen LogP contribution in [0.3, 0.4) is 0 Å². The van der Waals surface area contributed by atoms with Crippen LogP contribution in [-0.4, -0.2) is 20.6 Å². The summed E-state index contributed by atoms with van der Waals surface area (Å²) in [7, 11) is 3.18. The Bertz CT molecular complexity index is 262. The van der Waals surface area contributed by atoms with Crippen molar-refractivity contribution >= 4 is 6.47 Å². The van der Waals surface area contributed by atoms with Gasteiger partial charge in [-0.1, -0.05) is 41.9 Å². The van der Waals surface area contributed by atoms with Crippen molar-refractivity contribution in [3.63, 3.8) is 0 Å². The third kappa shape index (κ3) is 10.3. The Morgan fingerprint density at radius 1 is 1.38 bits per heavy atom. The van der Waals surface area contributed by atoms with Crippen molar-refractivity contribution in [1.29, 1.82) is 0 Å². The topological polar surface area (TPSA) is 38.3 Å². The molecule has 0 aliphatic rings. The third-order valence-electron chi connectivity index (χ3n) is 1.75. The molecule has 0 spiro atoms. The Kier molecular flexibility index (Phi) is 14.5. The van der Waals surface area contributed by atoms with Gasteiger partial charge in [-0.3, -0.25) is 6.54 Å². The Morgan fingerprint density at radius 2 is 1.88 bits per heavy atom. The van der Waals surface area contributed by atoms with Gasteiger partial charge >= 0.3 is 0 Å². The largest absolute Gasteiger partial charge is 0.655 e. The number of nitrogens with one attached hydrogen (secondary N) is 1. The van der Waals surface area contributed by atoms with Gasteiger partial charge in [0.1, 0.15) is 0 Å². The number of hydrogen-bond acceptors (Lipinski definition) is 3. The fourth-order valence-electron chi connectivity index (χ4n) is 0.944. The molecule has 0 aliphatic heterocycles. The summed E-state index contributed by atoms with van der Waals surface area (Å²) in [6.45, 7) is 5.33. The summed E-state index contributed by atoms with van der Waals surface area (Å²) >= 11 is 0. The van der Waals surface area contributed by atoms with E-state index in [0.29, 0.717) is 0 Å². The zero-order valence-electron chi connectivity index (χ0n) is 9.99. The van der Waals surface area contributed by atoms with Crippen LogP contribution in [0.5, 0.6) is 0 Å². The van der Waals surface area contributed by atoms with E-state index in [0.717, 1.165) is 6.42 Å². The van der Waals surface area contributed by atoms with Gasteiger partial charge in [-0.05, 0) is 14.0 Å². The molecule has 1 N–H and O–H groups in total. The molecule has 87 valence electrons. The van der Waals surface area contributed by atoms with Crippen LogP contribution in [0, 0.1) is 13.5 Å². The molecule has 3 nitrogen and oxygen atoms in total. The first-order chi connectivity index (χ1) is 7.24.